The van der Waals surface area contributed by atoms with Crippen LogP contribution in [0.4, 0.5) is 0 Å². The number of ketones is 1. The number of esters is 1. The molecule has 7 aliphatic rings. The number of hydrogen-bond acceptors (Lipinski definition) is 6. The molecule has 0 aromatic carbocycles. The Morgan fingerprint density at radius 3 is 2.55 bits per heavy atom. The highest BCUT2D eigenvalue weighted by Gasteiger charge is 2.80. The normalized spacial score (nSPS) is 54.7. The van der Waals surface area contributed by atoms with Gasteiger partial charge in [-0.25, -0.2) is 0 Å². The van der Waals surface area contributed by atoms with Gasteiger partial charge in [-0.2, -0.15) is 0 Å². The summed E-state index contributed by atoms with van der Waals surface area (Å²) in [5.41, 5.74) is -0.325. The molecule has 0 N–H and O–H groups in total. The second-order valence-corrected chi connectivity index (χ2v) is 15.4. The van der Waals surface area contributed by atoms with Crippen LogP contribution in [0.15, 0.2) is 0 Å². The second kappa shape index (κ2) is 8.06. The summed E-state index contributed by atoms with van der Waals surface area (Å²) in [6.07, 6.45) is 10.4. The molecule has 5 heterocycles. The number of rotatable bonds is 6. The molecular weight excluding hydrogens is 478 g/mol. The van der Waals surface area contributed by atoms with E-state index in [2.05, 4.69) is 25.7 Å². The van der Waals surface area contributed by atoms with Crippen molar-refractivity contribution in [1.29, 1.82) is 0 Å². The summed E-state index contributed by atoms with van der Waals surface area (Å²) >= 11 is 0. The smallest absolute Gasteiger partial charge is 0.303 e. The third kappa shape index (κ3) is 3.01. The van der Waals surface area contributed by atoms with Gasteiger partial charge in [0.2, 0.25) is 0 Å². The Morgan fingerprint density at radius 2 is 1.82 bits per heavy atom. The molecule has 0 amide bonds. The predicted octanol–water partition coefficient (Wildman–Crippen LogP) is 5.51. The van der Waals surface area contributed by atoms with E-state index in [9.17, 15) is 9.59 Å². The number of carbonyl (C=O) groups excluding carboxylic acids is 2. The topological polar surface area (TPSA) is 65.1 Å². The van der Waals surface area contributed by atoms with Crippen LogP contribution in [0.3, 0.4) is 0 Å². The van der Waals surface area contributed by atoms with Crippen LogP contribution >= 0.6 is 0 Å². The van der Waals surface area contributed by atoms with Gasteiger partial charge >= 0.3 is 5.97 Å². The standard InChI is InChI=1S/C32H49NO5/c1-19(2)22-10-13-29(5)21-9-15-31-12-7-8-24(31)32(29,26(22)33(31)17-21)16-23(37-20(3)34)27(35)28(4)18-36-30(6)14-11-25(28)38-30/h19,21-26H,7-18H2,1-6H3/t21-,22-,23-,24-,25-,26+,28-,29+,30+,31-,32+/m1/s1. The predicted molar refractivity (Wildman–Crippen MR) is 143 cm³/mol. The van der Waals surface area contributed by atoms with Gasteiger partial charge in [0.15, 0.2) is 17.7 Å². The maximum absolute atomic E-state index is 14.7. The molecule has 6 heteroatoms. The van der Waals surface area contributed by atoms with E-state index in [1.54, 1.807) is 0 Å². The molecule has 2 aliphatic carbocycles. The van der Waals surface area contributed by atoms with Crippen molar-refractivity contribution in [3.05, 3.63) is 0 Å². The van der Waals surface area contributed by atoms with E-state index in [1.165, 1.54) is 58.4 Å². The minimum atomic E-state index is -0.792. The van der Waals surface area contributed by atoms with Crippen molar-refractivity contribution >= 4 is 11.8 Å². The SMILES string of the molecule is CC(=O)O[C@H](C[C@]12[C@@H]3[C@@H](C(C)C)CC[C@@]1(C)[C@@H]1CC[C@@]4(CCC[C@H]42)N3C1)C(=O)[C@]1(C)CO[C@]2(C)CC[C@H]1O2. The number of carbonyl (C=O) groups is 2. The lowest BCUT2D eigenvalue weighted by molar-refractivity contribution is -0.284. The molecule has 0 radical (unpaired) electrons. The van der Waals surface area contributed by atoms with Crippen LogP contribution < -0.4 is 0 Å². The Kier molecular flexibility index (Phi) is 5.51. The first-order chi connectivity index (χ1) is 17.9. The molecule has 2 saturated carbocycles. The Balaban J connectivity index is 1.33. The second-order valence-electron chi connectivity index (χ2n) is 15.4. The zero-order valence-corrected chi connectivity index (χ0v) is 24.5. The molecule has 5 aliphatic heterocycles. The molecule has 1 spiro atoms. The number of nitrogens with zero attached hydrogens (tertiary/aromatic N) is 1. The largest absolute Gasteiger partial charge is 0.454 e. The van der Waals surface area contributed by atoms with Gasteiger partial charge in [0.05, 0.1) is 18.1 Å². The molecular formula is C32H49NO5. The zero-order chi connectivity index (χ0) is 26.9. The first kappa shape index (κ1) is 26.0. The van der Waals surface area contributed by atoms with Gasteiger partial charge in [0.25, 0.3) is 0 Å². The van der Waals surface area contributed by atoms with E-state index in [0.717, 1.165) is 12.8 Å². The number of piperidine rings is 2. The van der Waals surface area contributed by atoms with Crippen LogP contribution in [0.2, 0.25) is 0 Å². The van der Waals surface area contributed by atoms with Crippen LogP contribution in [0.1, 0.15) is 106 Å². The van der Waals surface area contributed by atoms with Gasteiger partial charge in [0, 0.05) is 36.9 Å². The van der Waals surface area contributed by atoms with Crippen LogP contribution in [0, 0.1) is 39.9 Å². The molecule has 212 valence electrons. The maximum atomic E-state index is 14.7. The van der Waals surface area contributed by atoms with E-state index in [0.29, 0.717) is 42.7 Å². The number of hydrogen-bond donors (Lipinski definition) is 0. The summed E-state index contributed by atoms with van der Waals surface area (Å²) in [5.74, 6) is 1.60. The monoisotopic (exact) mass is 527 g/mol. The lowest BCUT2D eigenvalue weighted by Gasteiger charge is -2.67. The first-order valence-corrected chi connectivity index (χ1v) is 15.7. The van der Waals surface area contributed by atoms with E-state index in [-0.39, 0.29) is 34.2 Å². The van der Waals surface area contributed by atoms with E-state index < -0.39 is 17.3 Å². The average Bonchev–Trinajstić information content (AvgIpc) is 3.47. The highest BCUT2D eigenvalue weighted by Crippen LogP contribution is 2.79. The van der Waals surface area contributed by atoms with Crippen LogP contribution in [0.25, 0.3) is 0 Å². The molecule has 6 nitrogen and oxygen atoms in total. The van der Waals surface area contributed by atoms with E-state index >= 15 is 0 Å². The van der Waals surface area contributed by atoms with Crippen molar-refractivity contribution in [2.24, 2.45) is 39.9 Å². The Labute approximate surface area is 228 Å². The van der Waals surface area contributed by atoms with Crippen molar-refractivity contribution in [2.45, 2.75) is 135 Å². The van der Waals surface area contributed by atoms with Gasteiger partial charge in [0.1, 0.15) is 0 Å². The third-order valence-corrected chi connectivity index (χ3v) is 13.7. The minimum Gasteiger partial charge on any atom is -0.454 e. The fourth-order valence-corrected chi connectivity index (χ4v) is 11.9. The van der Waals surface area contributed by atoms with Crippen LogP contribution in [-0.2, 0) is 23.8 Å². The fourth-order valence-electron chi connectivity index (χ4n) is 11.9. The summed E-state index contributed by atoms with van der Waals surface area (Å²) in [5, 5.41) is 0. The molecule has 5 saturated heterocycles. The summed E-state index contributed by atoms with van der Waals surface area (Å²) in [6.45, 7) is 14.4. The van der Waals surface area contributed by atoms with Crippen LogP contribution in [0.5, 0.6) is 0 Å². The zero-order valence-electron chi connectivity index (χ0n) is 24.5. The fraction of sp³-hybridized carbons (Fsp3) is 0.938. The van der Waals surface area contributed by atoms with Gasteiger partial charge < -0.3 is 14.2 Å². The van der Waals surface area contributed by atoms with Crippen molar-refractivity contribution in [2.75, 3.05) is 13.2 Å². The molecule has 1 unspecified atom stereocenters. The Bertz CT molecular complexity index is 1040. The number of Topliss-reactive ketones (excluding diaryl/α,β-unsaturated/α-hetero) is 1. The van der Waals surface area contributed by atoms with Gasteiger partial charge in [-0.15, -0.1) is 0 Å². The lowest BCUT2D eigenvalue weighted by Crippen LogP contribution is -2.69. The van der Waals surface area contributed by atoms with E-state index in [4.69, 9.17) is 14.2 Å². The minimum absolute atomic E-state index is 0.00279. The van der Waals surface area contributed by atoms with Gasteiger partial charge in [-0.1, -0.05) is 27.2 Å². The van der Waals surface area contributed by atoms with E-state index in [1.807, 2.05) is 13.8 Å². The van der Waals surface area contributed by atoms with Crippen molar-refractivity contribution in [3.8, 4) is 0 Å². The summed E-state index contributed by atoms with van der Waals surface area (Å²) < 4.78 is 18.6. The number of fused-ring (bicyclic) bond motifs is 4. The molecule has 7 fully saturated rings. The summed E-state index contributed by atoms with van der Waals surface area (Å²) in [7, 11) is 0. The molecule has 0 aromatic rings. The lowest BCUT2D eigenvalue weighted by atomic mass is 9.42. The molecule has 12 atom stereocenters. The van der Waals surface area contributed by atoms with Crippen molar-refractivity contribution in [3.63, 3.8) is 0 Å². The summed E-state index contributed by atoms with van der Waals surface area (Å²) in [6, 6.07) is 0.482. The van der Waals surface area contributed by atoms with Crippen molar-refractivity contribution < 1.29 is 23.8 Å². The molecule has 7 bridgehead atoms. The molecule has 38 heavy (non-hydrogen) atoms. The van der Waals surface area contributed by atoms with Gasteiger partial charge in [-0.3, -0.25) is 14.5 Å². The molecule has 7 rings (SSSR count). The maximum Gasteiger partial charge on any atom is 0.303 e. The highest BCUT2D eigenvalue weighted by atomic mass is 16.7. The summed E-state index contributed by atoms with van der Waals surface area (Å²) in [4.78, 5) is 30.3. The first-order valence-electron chi connectivity index (χ1n) is 15.7. The van der Waals surface area contributed by atoms with Crippen LogP contribution in [-0.4, -0.2) is 59.4 Å². The Morgan fingerprint density at radius 1 is 1.03 bits per heavy atom. The average molecular weight is 528 g/mol. The van der Waals surface area contributed by atoms with Gasteiger partial charge in [-0.05, 0) is 94.3 Å². The quantitative estimate of drug-likeness (QED) is 0.424. The molecule has 0 aromatic heterocycles. The Hall–Kier alpha value is -0.980. The third-order valence-electron chi connectivity index (χ3n) is 13.7. The number of ether oxygens (including phenoxy) is 3. The highest BCUT2D eigenvalue weighted by molar-refractivity contribution is 5.91. The van der Waals surface area contributed by atoms with Crippen molar-refractivity contribution in [1.82, 2.24) is 4.90 Å².